The molecular formula is C22H23N3O4S. The molecule has 0 bridgehead atoms. The highest BCUT2D eigenvalue weighted by Crippen LogP contribution is 2.26. The van der Waals surface area contributed by atoms with Gasteiger partial charge in [-0.25, -0.2) is 8.42 Å². The number of ether oxygens (including phenoxy) is 1. The van der Waals surface area contributed by atoms with Crippen LogP contribution in [0.1, 0.15) is 23.3 Å². The van der Waals surface area contributed by atoms with E-state index < -0.39 is 9.84 Å². The van der Waals surface area contributed by atoms with Crippen molar-refractivity contribution in [2.45, 2.75) is 23.8 Å². The van der Waals surface area contributed by atoms with E-state index in [4.69, 9.17) is 4.74 Å². The largest absolute Gasteiger partial charge is 0.497 e. The molecule has 1 N–H and O–H groups in total. The van der Waals surface area contributed by atoms with Gasteiger partial charge < -0.3 is 9.64 Å². The standard InChI is InChI=1S/C22H23N3O4S/c1-29-18-9-5-7-16(13-18)20-14-21(24-23-20)22(26)25-12-6-8-17(25)15-30(27,28)19-10-3-2-4-11-19/h2-5,7,9-11,13-14,17H,6,8,12,15H2,1H3,(H,23,24). The molecule has 3 aromatic rings. The van der Waals surface area contributed by atoms with Crippen molar-refractivity contribution in [3.63, 3.8) is 0 Å². The SMILES string of the molecule is COc1cccc(-c2cc(C(=O)N3CCCC3CS(=O)(=O)c3ccccc3)[nH]n2)c1. The van der Waals surface area contributed by atoms with Crippen LogP contribution in [0.15, 0.2) is 65.6 Å². The maximum Gasteiger partial charge on any atom is 0.272 e. The molecule has 2 aromatic carbocycles. The van der Waals surface area contributed by atoms with Crippen molar-refractivity contribution in [3.05, 3.63) is 66.4 Å². The number of rotatable bonds is 6. The molecular weight excluding hydrogens is 402 g/mol. The second-order valence-electron chi connectivity index (χ2n) is 7.29. The molecule has 1 unspecified atom stereocenters. The van der Waals surface area contributed by atoms with Gasteiger partial charge in [0, 0.05) is 18.2 Å². The van der Waals surface area contributed by atoms with E-state index in [1.165, 1.54) is 0 Å². The summed E-state index contributed by atoms with van der Waals surface area (Å²) < 4.78 is 30.8. The number of amides is 1. The van der Waals surface area contributed by atoms with Crippen molar-refractivity contribution in [2.75, 3.05) is 19.4 Å². The molecule has 1 fully saturated rings. The topological polar surface area (TPSA) is 92.4 Å². The van der Waals surface area contributed by atoms with Gasteiger partial charge >= 0.3 is 0 Å². The van der Waals surface area contributed by atoms with Crippen molar-refractivity contribution in [1.29, 1.82) is 0 Å². The number of nitrogens with one attached hydrogen (secondary N) is 1. The van der Waals surface area contributed by atoms with Crippen LogP contribution in [0.3, 0.4) is 0 Å². The number of hydrogen-bond donors (Lipinski definition) is 1. The molecule has 156 valence electrons. The molecule has 0 spiro atoms. The Kier molecular flexibility index (Phi) is 5.59. The third-order valence-corrected chi connectivity index (χ3v) is 7.14. The number of hydrogen-bond acceptors (Lipinski definition) is 5. The Balaban J connectivity index is 1.52. The van der Waals surface area contributed by atoms with Gasteiger partial charge in [-0.2, -0.15) is 5.10 Å². The second-order valence-corrected chi connectivity index (χ2v) is 9.32. The normalized spacial score (nSPS) is 16.6. The molecule has 4 rings (SSSR count). The smallest absolute Gasteiger partial charge is 0.272 e. The lowest BCUT2D eigenvalue weighted by atomic mass is 10.1. The summed E-state index contributed by atoms with van der Waals surface area (Å²) in [6, 6.07) is 17.1. The first kappa shape index (κ1) is 20.2. The lowest BCUT2D eigenvalue weighted by Crippen LogP contribution is -2.39. The molecule has 0 saturated carbocycles. The summed E-state index contributed by atoms with van der Waals surface area (Å²) in [6.45, 7) is 0.529. The first-order chi connectivity index (χ1) is 14.5. The molecule has 1 atom stereocenters. The zero-order chi connectivity index (χ0) is 21.1. The molecule has 1 aromatic heterocycles. The number of carbonyl (C=O) groups is 1. The Morgan fingerprint density at radius 2 is 1.97 bits per heavy atom. The monoisotopic (exact) mass is 425 g/mol. The van der Waals surface area contributed by atoms with Crippen LogP contribution in [0, 0.1) is 0 Å². The Hall–Kier alpha value is -3.13. The molecule has 0 radical (unpaired) electrons. The summed E-state index contributed by atoms with van der Waals surface area (Å²) in [7, 11) is -1.88. The van der Waals surface area contributed by atoms with Crippen LogP contribution in [0.25, 0.3) is 11.3 Å². The van der Waals surface area contributed by atoms with Crippen molar-refractivity contribution < 1.29 is 17.9 Å². The molecule has 30 heavy (non-hydrogen) atoms. The van der Waals surface area contributed by atoms with E-state index in [2.05, 4.69) is 10.2 Å². The van der Waals surface area contributed by atoms with E-state index in [1.54, 1.807) is 48.4 Å². The van der Waals surface area contributed by atoms with Gasteiger partial charge in [0.05, 0.1) is 23.5 Å². The second kappa shape index (κ2) is 8.31. The number of nitrogens with zero attached hydrogens (tertiary/aromatic N) is 2. The third kappa shape index (κ3) is 4.09. The molecule has 2 heterocycles. The van der Waals surface area contributed by atoms with Crippen LogP contribution in [-0.4, -0.2) is 54.9 Å². The quantitative estimate of drug-likeness (QED) is 0.655. The highest BCUT2D eigenvalue weighted by atomic mass is 32.2. The van der Waals surface area contributed by atoms with E-state index in [0.717, 1.165) is 12.0 Å². The lowest BCUT2D eigenvalue weighted by Gasteiger charge is -2.24. The lowest BCUT2D eigenvalue weighted by molar-refractivity contribution is 0.0743. The summed E-state index contributed by atoms with van der Waals surface area (Å²) >= 11 is 0. The minimum absolute atomic E-state index is 0.0837. The first-order valence-corrected chi connectivity index (χ1v) is 11.4. The molecule has 1 saturated heterocycles. The highest BCUT2D eigenvalue weighted by Gasteiger charge is 2.34. The minimum atomic E-state index is -3.47. The maximum absolute atomic E-state index is 13.1. The van der Waals surface area contributed by atoms with Gasteiger partial charge in [-0.05, 0) is 43.2 Å². The summed E-state index contributed by atoms with van der Waals surface area (Å²) in [6.07, 6.45) is 1.44. The highest BCUT2D eigenvalue weighted by molar-refractivity contribution is 7.91. The molecule has 1 aliphatic heterocycles. The van der Waals surface area contributed by atoms with E-state index in [9.17, 15) is 13.2 Å². The van der Waals surface area contributed by atoms with Crippen LogP contribution in [0.2, 0.25) is 0 Å². The Morgan fingerprint density at radius 1 is 1.17 bits per heavy atom. The molecule has 1 amide bonds. The van der Waals surface area contributed by atoms with Crippen LogP contribution in [-0.2, 0) is 9.84 Å². The zero-order valence-corrected chi connectivity index (χ0v) is 17.4. The van der Waals surface area contributed by atoms with Gasteiger partial charge in [-0.3, -0.25) is 9.89 Å². The number of aromatic amines is 1. The summed E-state index contributed by atoms with van der Waals surface area (Å²) in [5.74, 6) is 0.385. The summed E-state index contributed by atoms with van der Waals surface area (Å²) in [5, 5.41) is 7.06. The van der Waals surface area contributed by atoms with Crippen LogP contribution in [0.4, 0.5) is 0 Å². The van der Waals surface area contributed by atoms with Crippen LogP contribution < -0.4 is 4.74 Å². The first-order valence-electron chi connectivity index (χ1n) is 9.76. The molecule has 7 nitrogen and oxygen atoms in total. The minimum Gasteiger partial charge on any atom is -0.497 e. The zero-order valence-electron chi connectivity index (χ0n) is 16.6. The number of methoxy groups -OCH3 is 1. The average molecular weight is 426 g/mol. The fourth-order valence-corrected chi connectivity index (χ4v) is 5.39. The predicted octanol–water partition coefficient (Wildman–Crippen LogP) is 3.16. The fraction of sp³-hybridized carbons (Fsp3) is 0.273. The number of sulfone groups is 1. The van der Waals surface area contributed by atoms with E-state index in [-0.39, 0.29) is 22.6 Å². The fourth-order valence-electron chi connectivity index (χ4n) is 3.77. The number of aromatic nitrogens is 2. The van der Waals surface area contributed by atoms with Gasteiger partial charge in [-0.1, -0.05) is 30.3 Å². The number of likely N-dealkylation sites (tertiary alicyclic amines) is 1. The van der Waals surface area contributed by atoms with E-state index in [1.807, 2.05) is 24.3 Å². The van der Waals surface area contributed by atoms with Gasteiger partial charge in [-0.15, -0.1) is 0 Å². The summed E-state index contributed by atoms with van der Waals surface area (Å²) in [4.78, 5) is 15.0. The average Bonchev–Trinajstić information content (AvgIpc) is 3.44. The number of H-pyrrole nitrogens is 1. The van der Waals surface area contributed by atoms with Crippen LogP contribution in [0.5, 0.6) is 5.75 Å². The number of benzene rings is 2. The Bertz CT molecular complexity index is 1140. The van der Waals surface area contributed by atoms with Crippen molar-refractivity contribution in [3.8, 4) is 17.0 Å². The van der Waals surface area contributed by atoms with Gasteiger partial charge in [0.1, 0.15) is 11.4 Å². The number of carbonyl (C=O) groups excluding carboxylic acids is 1. The van der Waals surface area contributed by atoms with Gasteiger partial charge in [0.15, 0.2) is 9.84 Å². The summed E-state index contributed by atoms with van der Waals surface area (Å²) in [5.41, 5.74) is 1.80. The Labute approximate surface area is 175 Å². The molecule has 0 aliphatic carbocycles. The predicted molar refractivity (Wildman–Crippen MR) is 113 cm³/mol. The van der Waals surface area contributed by atoms with Crippen molar-refractivity contribution in [1.82, 2.24) is 15.1 Å². The van der Waals surface area contributed by atoms with Gasteiger partial charge in [0.2, 0.25) is 0 Å². The van der Waals surface area contributed by atoms with E-state index >= 15 is 0 Å². The Morgan fingerprint density at radius 3 is 2.73 bits per heavy atom. The van der Waals surface area contributed by atoms with Crippen molar-refractivity contribution in [2.24, 2.45) is 0 Å². The maximum atomic E-state index is 13.1. The molecule has 8 heteroatoms. The third-order valence-electron chi connectivity index (χ3n) is 5.33. The van der Waals surface area contributed by atoms with Crippen molar-refractivity contribution >= 4 is 15.7 Å². The molecule has 1 aliphatic rings. The van der Waals surface area contributed by atoms with Crippen LogP contribution >= 0.6 is 0 Å². The van der Waals surface area contributed by atoms with E-state index in [0.29, 0.717) is 30.1 Å². The van der Waals surface area contributed by atoms with Gasteiger partial charge in [0.25, 0.3) is 5.91 Å².